The van der Waals surface area contributed by atoms with Crippen LogP contribution >= 0.6 is 0 Å². The van der Waals surface area contributed by atoms with Crippen molar-refractivity contribution in [1.29, 1.82) is 0 Å². The molecule has 0 unspecified atom stereocenters. The van der Waals surface area contributed by atoms with Gasteiger partial charge in [-0.3, -0.25) is 4.90 Å². The molecule has 0 amide bonds. The Labute approximate surface area is 150 Å². The van der Waals surface area contributed by atoms with Gasteiger partial charge in [0, 0.05) is 61.2 Å². The van der Waals surface area contributed by atoms with Crippen LogP contribution < -0.4 is 4.74 Å². The molecule has 2 aromatic rings. The van der Waals surface area contributed by atoms with Crippen molar-refractivity contribution in [3.63, 3.8) is 0 Å². The first-order valence-electron chi connectivity index (χ1n) is 8.52. The zero-order valence-electron chi connectivity index (χ0n) is 14.8. The molecule has 0 fully saturated rings. The van der Waals surface area contributed by atoms with Crippen molar-refractivity contribution in [3.8, 4) is 5.88 Å². The summed E-state index contributed by atoms with van der Waals surface area (Å²) in [7, 11) is 0. The first-order valence-corrected chi connectivity index (χ1v) is 8.52. The van der Waals surface area contributed by atoms with E-state index in [1.54, 1.807) is 12.1 Å². The summed E-state index contributed by atoms with van der Waals surface area (Å²) in [6.07, 6.45) is -0.309. The Kier molecular flexibility index (Phi) is 5.41. The summed E-state index contributed by atoms with van der Waals surface area (Å²) in [5.74, 6) is 1.15. The molecule has 8 heteroatoms. The maximum atomic E-state index is 12.4. The van der Waals surface area contributed by atoms with Crippen molar-refractivity contribution in [2.24, 2.45) is 0 Å². The Hall–Kier alpha value is -2.22. The van der Waals surface area contributed by atoms with Gasteiger partial charge in [-0.25, -0.2) is 15.0 Å². The summed E-state index contributed by atoms with van der Waals surface area (Å²) in [6.45, 7) is 4.66. The Balaban J connectivity index is 1.69. The van der Waals surface area contributed by atoms with E-state index in [4.69, 9.17) is 4.74 Å². The first-order chi connectivity index (χ1) is 12.3. The fourth-order valence-electron chi connectivity index (χ4n) is 2.87. The van der Waals surface area contributed by atoms with Gasteiger partial charge in [0.1, 0.15) is 5.82 Å². The van der Waals surface area contributed by atoms with Gasteiger partial charge in [0.05, 0.1) is 0 Å². The molecule has 0 saturated heterocycles. The van der Waals surface area contributed by atoms with Gasteiger partial charge in [0.25, 0.3) is 0 Å². The standard InChI is InChI=1S/C18H21F3N4O/c1-12(2)16-23-8-14-10-25(7-5-15(14)24-16)9-13-4-3-6-22-17(13)26-11-18(19,20)21/h3-4,6,8,12H,5,7,9-11H2,1-2H3. The van der Waals surface area contributed by atoms with Crippen molar-refractivity contribution in [2.75, 3.05) is 13.2 Å². The van der Waals surface area contributed by atoms with Crippen LogP contribution in [0, 0.1) is 0 Å². The number of ether oxygens (including phenoxy) is 1. The van der Waals surface area contributed by atoms with Gasteiger partial charge >= 0.3 is 6.18 Å². The van der Waals surface area contributed by atoms with Crippen molar-refractivity contribution >= 4 is 0 Å². The van der Waals surface area contributed by atoms with E-state index >= 15 is 0 Å². The average molecular weight is 366 g/mol. The van der Waals surface area contributed by atoms with Crippen LogP contribution in [0.15, 0.2) is 24.5 Å². The topological polar surface area (TPSA) is 51.1 Å². The van der Waals surface area contributed by atoms with Crippen LogP contribution in [0.25, 0.3) is 0 Å². The van der Waals surface area contributed by atoms with Crippen LogP contribution in [-0.4, -0.2) is 39.2 Å². The number of rotatable bonds is 5. The fraction of sp³-hybridized carbons (Fsp3) is 0.500. The molecule has 3 rings (SSSR count). The third-order valence-electron chi connectivity index (χ3n) is 4.16. The third-order valence-corrected chi connectivity index (χ3v) is 4.16. The number of pyridine rings is 1. The minimum Gasteiger partial charge on any atom is -0.468 e. The minimum atomic E-state index is -4.38. The number of hydrogen-bond donors (Lipinski definition) is 0. The van der Waals surface area contributed by atoms with E-state index in [0.29, 0.717) is 18.7 Å². The minimum absolute atomic E-state index is 0.0297. The Morgan fingerprint density at radius 1 is 1.27 bits per heavy atom. The van der Waals surface area contributed by atoms with Crippen LogP contribution in [0.5, 0.6) is 5.88 Å². The highest BCUT2D eigenvalue weighted by Crippen LogP contribution is 2.24. The highest BCUT2D eigenvalue weighted by Gasteiger charge is 2.29. The van der Waals surface area contributed by atoms with Gasteiger partial charge in [-0.15, -0.1) is 0 Å². The lowest BCUT2D eigenvalue weighted by atomic mass is 10.1. The molecule has 0 N–H and O–H groups in total. The van der Waals surface area contributed by atoms with Gasteiger partial charge in [-0.05, 0) is 6.07 Å². The molecular weight excluding hydrogens is 345 g/mol. The Bertz CT molecular complexity index is 764. The molecule has 0 spiro atoms. The van der Waals surface area contributed by atoms with Gasteiger partial charge < -0.3 is 4.74 Å². The van der Waals surface area contributed by atoms with Crippen molar-refractivity contribution in [2.45, 2.75) is 45.5 Å². The number of nitrogens with zero attached hydrogens (tertiary/aromatic N) is 4. The second kappa shape index (κ2) is 7.57. The lowest BCUT2D eigenvalue weighted by Gasteiger charge is -2.28. The van der Waals surface area contributed by atoms with Crippen molar-refractivity contribution in [1.82, 2.24) is 19.9 Å². The van der Waals surface area contributed by atoms with Crippen molar-refractivity contribution in [3.05, 3.63) is 47.2 Å². The van der Waals surface area contributed by atoms with Crippen molar-refractivity contribution < 1.29 is 17.9 Å². The van der Waals surface area contributed by atoms with Crippen LogP contribution in [0.2, 0.25) is 0 Å². The molecule has 0 atom stereocenters. The highest BCUT2D eigenvalue weighted by atomic mass is 19.4. The molecule has 140 valence electrons. The predicted molar refractivity (Wildman–Crippen MR) is 89.7 cm³/mol. The molecule has 1 aliphatic heterocycles. The lowest BCUT2D eigenvalue weighted by molar-refractivity contribution is -0.154. The Morgan fingerprint density at radius 3 is 2.81 bits per heavy atom. The molecule has 0 bridgehead atoms. The summed E-state index contributed by atoms with van der Waals surface area (Å²) in [5, 5.41) is 0. The molecule has 26 heavy (non-hydrogen) atoms. The van der Waals surface area contributed by atoms with Gasteiger partial charge in [-0.1, -0.05) is 19.9 Å². The van der Waals surface area contributed by atoms with E-state index in [9.17, 15) is 13.2 Å². The largest absolute Gasteiger partial charge is 0.468 e. The molecule has 3 heterocycles. The SMILES string of the molecule is CC(C)c1ncc2c(n1)CCN(Cc1cccnc1OCC(F)(F)F)C2. The Morgan fingerprint density at radius 2 is 2.08 bits per heavy atom. The lowest BCUT2D eigenvalue weighted by Crippen LogP contribution is -2.31. The number of hydrogen-bond acceptors (Lipinski definition) is 5. The van der Waals surface area contributed by atoms with Crippen LogP contribution in [0.1, 0.15) is 42.4 Å². The summed E-state index contributed by atoms with van der Waals surface area (Å²) < 4.78 is 42.1. The quantitative estimate of drug-likeness (QED) is 0.811. The smallest absolute Gasteiger partial charge is 0.422 e. The van der Waals surface area contributed by atoms with E-state index in [0.717, 1.165) is 30.0 Å². The molecule has 0 saturated carbocycles. The molecule has 0 aliphatic carbocycles. The molecular formula is C18H21F3N4O. The van der Waals surface area contributed by atoms with E-state index in [2.05, 4.69) is 33.7 Å². The summed E-state index contributed by atoms with van der Waals surface area (Å²) in [5.41, 5.74) is 2.75. The zero-order valence-corrected chi connectivity index (χ0v) is 14.8. The monoisotopic (exact) mass is 366 g/mol. The van der Waals surface area contributed by atoms with E-state index < -0.39 is 12.8 Å². The molecule has 0 aromatic carbocycles. The summed E-state index contributed by atoms with van der Waals surface area (Å²) in [4.78, 5) is 15.1. The number of aromatic nitrogens is 3. The van der Waals surface area contributed by atoms with Gasteiger partial charge in [0.15, 0.2) is 6.61 Å². The van der Waals surface area contributed by atoms with E-state index in [1.807, 2.05) is 6.20 Å². The second-order valence-electron chi connectivity index (χ2n) is 6.69. The maximum absolute atomic E-state index is 12.4. The summed E-state index contributed by atoms with van der Waals surface area (Å²) in [6, 6.07) is 3.44. The highest BCUT2D eigenvalue weighted by molar-refractivity contribution is 5.27. The van der Waals surface area contributed by atoms with Crippen LogP contribution in [0.4, 0.5) is 13.2 Å². The third kappa shape index (κ3) is 4.69. The van der Waals surface area contributed by atoms with Crippen LogP contribution in [0.3, 0.4) is 0 Å². The normalized spacial score (nSPS) is 15.2. The molecule has 2 aromatic heterocycles. The summed E-state index contributed by atoms with van der Waals surface area (Å²) >= 11 is 0. The van der Waals surface area contributed by atoms with Gasteiger partial charge in [0.2, 0.25) is 5.88 Å². The first kappa shape index (κ1) is 18.6. The number of halogens is 3. The molecule has 0 radical (unpaired) electrons. The number of alkyl halides is 3. The van der Waals surface area contributed by atoms with Gasteiger partial charge in [-0.2, -0.15) is 13.2 Å². The second-order valence-corrected chi connectivity index (χ2v) is 6.69. The molecule has 5 nitrogen and oxygen atoms in total. The van der Waals surface area contributed by atoms with Crippen LogP contribution in [-0.2, 0) is 19.5 Å². The average Bonchev–Trinajstić information content (AvgIpc) is 2.59. The predicted octanol–water partition coefficient (Wildman–Crippen LogP) is 3.49. The zero-order chi connectivity index (χ0) is 18.7. The molecule has 1 aliphatic rings. The number of fused-ring (bicyclic) bond motifs is 1. The van der Waals surface area contributed by atoms with E-state index in [1.165, 1.54) is 6.20 Å². The fourth-order valence-corrected chi connectivity index (χ4v) is 2.87. The van der Waals surface area contributed by atoms with E-state index in [-0.39, 0.29) is 11.8 Å². The maximum Gasteiger partial charge on any atom is 0.422 e.